The summed E-state index contributed by atoms with van der Waals surface area (Å²) in [6.07, 6.45) is 11.6. The van der Waals surface area contributed by atoms with Crippen molar-refractivity contribution in [3.63, 3.8) is 0 Å². The highest BCUT2D eigenvalue weighted by Gasteiger charge is 2.22. The summed E-state index contributed by atoms with van der Waals surface area (Å²) >= 11 is 0. The van der Waals surface area contributed by atoms with E-state index in [1.54, 1.807) is 6.20 Å². The van der Waals surface area contributed by atoms with Crippen molar-refractivity contribution < 1.29 is 14.3 Å². The number of oxazole rings is 1. The lowest BCUT2D eigenvalue weighted by Gasteiger charge is -2.22. The molecule has 1 heterocycles. The van der Waals surface area contributed by atoms with Crippen LogP contribution in [-0.4, -0.2) is 16.1 Å². The van der Waals surface area contributed by atoms with Crippen molar-refractivity contribution in [1.29, 1.82) is 0 Å². The van der Waals surface area contributed by atoms with E-state index >= 15 is 0 Å². The van der Waals surface area contributed by atoms with Gasteiger partial charge in [-0.3, -0.25) is 4.79 Å². The summed E-state index contributed by atoms with van der Waals surface area (Å²) in [5.41, 5.74) is 0.970. The van der Waals surface area contributed by atoms with E-state index in [-0.39, 0.29) is 12.3 Å². The smallest absolute Gasteiger partial charge is 0.304 e. The zero-order chi connectivity index (χ0) is 17.5. The van der Waals surface area contributed by atoms with Gasteiger partial charge in [-0.05, 0) is 12.3 Å². The molecule has 0 amide bonds. The van der Waals surface area contributed by atoms with Gasteiger partial charge in [-0.1, -0.05) is 75.3 Å². The average Bonchev–Trinajstić information content (AvgIpc) is 3.12. The molecule has 1 atom stereocenters. The highest BCUT2D eigenvalue weighted by Crippen LogP contribution is 2.32. The van der Waals surface area contributed by atoms with Gasteiger partial charge >= 0.3 is 5.97 Å². The highest BCUT2D eigenvalue weighted by atomic mass is 16.4. The molecule has 1 saturated carbocycles. The fourth-order valence-electron chi connectivity index (χ4n) is 3.86. The molecular weight excluding hydrogens is 314 g/mol. The summed E-state index contributed by atoms with van der Waals surface area (Å²) < 4.78 is 5.90. The molecule has 0 radical (unpaired) electrons. The van der Waals surface area contributed by atoms with Crippen molar-refractivity contribution in [2.75, 3.05) is 0 Å². The highest BCUT2D eigenvalue weighted by molar-refractivity contribution is 5.67. The third kappa shape index (κ3) is 5.18. The summed E-state index contributed by atoms with van der Waals surface area (Å²) in [5.74, 6) is 1.16. The molecule has 1 aromatic carbocycles. The number of carboxylic acids is 1. The predicted octanol–water partition coefficient (Wildman–Crippen LogP) is 5.65. The maximum Gasteiger partial charge on any atom is 0.304 e. The number of rotatable bonds is 8. The van der Waals surface area contributed by atoms with Crippen molar-refractivity contribution in [2.24, 2.45) is 5.92 Å². The fraction of sp³-hybridized carbons (Fsp3) is 0.524. The molecule has 1 fully saturated rings. The normalized spacial score (nSPS) is 16.6. The lowest BCUT2D eigenvalue weighted by atomic mass is 9.84. The molecule has 0 bridgehead atoms. The Balaban J connectivity index is 1.62. The Morgan fingerprint density at radius 2 is 1.96 bits per heavy atom. The first-order valence-electron chi connectivity index (χ1n) is 9.45. The first kappa shape index (κ1) is 17.7. The first-order valence-corrected chi connectivity index (χ1v) is 9.45. The number of aromatic nitrogens is 1. The molecule has 3 rings (SSSR count). The zero-order valence-electron chi connectivity index (χ0n) is 14.7. The lowest BCUT2D eigenvalue weighted by Crippen LogP contribution is -2.09. The van der Waals surface area contributed by atoms with Crippen molar-refractivity contribution in [3.05, 3.63) is 42.4 Å². The Morgan fingerprint density at radius 3 is 2.68 bits per heavy atom. The standard InChI is InChI=1S/C21H27NO3/c23-20(24)14-18(13-7-10-16-8-3-1-4-9-16)21-22-15-19(25-21)17-11-5-2-6-12-17/h2,5-6,11-12,15-16,18H,1,3-4,7-10,13-14H2,(H,23,24). The molecular formula is C21H27NO3. The molecule has 2 aromatic rings. The number of carbonyl (C=O) groups is 1. The first-order chi connectivity index (χ1) is 12.2. The molecule has 4 heteroatoms. The van der Waals surface area contributed by atoms with Crippen LogP contribution in [0.25, 0.3) is 11.3 Å². The molecule has 0 spiro atoms. The third-order valence-electron chi connectivity index (χ3n) is 5.24. The second-order valence-electron chi connectivity index (χ2n) is 7.16. The van der Waals surface area contributed by atoms with E-state index in [2.05, 4.69) is 4.98 Å². The molecule has 0 aliphatic heterocycles. The molecule has 0 saturated heterocycles. The van der Waals surface area contributed by atoms with Crippen LogP contribution in [0, 0.1) is 5.92 Å². The van der Waals surface area contributed by atoms with E-state index in [1.807, 2.05) is 30.3 Å². The van der Waals surface area contributed by atoms with Gasteiger partial charge in [-0.25, -0.2) is 4.98 Å². The minimum atomic E-state index is -0.790. The van der Waals surface area contributed by atoms with Gasteiger partial charge in [0.2, 0.25) is 0 Å². The van der Waals surface area contributed by atoms with Crippen molar-refractivity contribution in [1.82, 2.24) is 4.98 Å². The molecule has 25 heavy (non-hydrogen) atoms. The van der Waals surface area contributed by atoms with Crippen LogP contribution in [0.3, 0.4) is 0 Å². The Bertz CT molecular complexity index is 659. The van der Waals surface area contributed by atoms with Crippen LogP contribution < -0.4 is 0 Å². The van der Waals surface area contributed by atoms with Gasteiger partial charge < -0.3 is 9.52 Å². The van der Waals surface area contributed by atoms with Crippen LogP contribution in [0.1, 0.15) is 69.6 Å². The van der Waals surface area contributed by atoms with Gasteiger partial charge in [-0.2, -0.15) is 0 Å². The van der Waals surface area contributed by atoms with Gasteiger partial charge in [0.15, 0.2) is 11.7 Å². The van der Waals surface area contributed by atoms with E-state index in [0.717, 1.165) is 24.3 Å². The van der Waals surface area contributed by atoms with Crippen molar-refractivity contribution in [3.8, 4) is 11.3 Å². The summed E-state index contributed by atoms with van der Waals surface area (Å²) in [4.78, 5) is 15.6. The van der Waals surface area contributed by atoms with Crippen molar-refractivity contribution >= 4 is 5.97 Å². The number of hydrogen-bond acceptors (Lipinski definition) is 3. The van der Waals surface area contributed by atoms with Gasteiger partial charge in [0, 0.05) is 11.5 Å². The molecule has 1 aromatic heterocycles. The summed E-state index contributed by atoms with van der Waals surface area (Å²) in [7, 11) is 0. The number of hydrogen-bond donors (Lipinski definition) is 1. The Hall–Kier alpha value is -2.10. The number of nitrogens with zero attached hydrogens (tertiary/aromatic N) is 1. The zero-order valence-corrected chi connectivity index (χ0v) is 14.7. The Labute approximate surface area is 149 Å². The lowest BCUT2D eigenvalue weighted by molar-refractivity contribution is -0.137. The van der Waals surface area contributed by atoms with Gasteiger partial charge in [0.25, 0.3) is 0 Å². The number of benzene rings is 1. The molecule has 1 aliphatic rings. The Kier molecular flexibility index (Phi) is 6.26. The van der Waals surface area contributed by atoms with Crippen LogP contribution >= 0.6 is 0 Å². The maximum atomic E-state index is 11.3. The summed E-state index contributed by atoms with van der Waals surface area (Å²) in [6, 6.07) is 9.81. The van der Waals surface area contributed by atoms with Crippen LogP contribution in [0.2, 0.25) is 0 Å². The molecule has 1 N–H and O–H groups in total. The second kappa shape index (κ2) is 8.84. The Morgan fingerprint density at radius 1 is 1.20 bits per heavy atom. The number of carboxylic acid groups (broad SMARTS) is 1. The van der Waals surface area contributed by atoms with Gasteiger partial charge in [-0.15, -0.1) is 0 Å². The minimum absolute atomic E-state index is 0.0827. The van der Waals surface area contributed by atoms with E-state index in [1.165, 1.54) is 38.5 Å². The molecule has 134 valence electrons. The second-order valence-corrected chi connectivity index (χ2v) is 7.16. The predicted molar refractivity (Wildman–Crippen MR) is 97.4 cm³/mol. The SMILES string of the molecule is O=C(O)CC(CCCC1CCCCC1)c1ncc(-c2ccccc2)o1. The fourth-order valence-corrected chi connectivity index (χ4v) is 3.86. The monoisotopic (exact) mass is 341 g/mol. The van der Waals surface area contributed by atoms with E-state index in [9.17, 15) is 9.90 Å². The summed E-state index contributed by atoms with van der Waals surface area (Å²) in [6.45, 7) is 0. The van der Waals surface area contributed by atoms with Crippen LogP contribution in [0.15, 0.2) is 40.9 Å². The van der Waals surface area contributed by atoms with Gasteiger partial charge in [0.05, 0.1) is 12.6 Å². The number of aliphatic carboxylic acids is 1. The van der Waals surface area contributed by atoms with Gasteiger partial charge in [0.1, 0.15) is 0 Å². The average molecular weight is 341 g/mol. The van der Waals surface area contributed by atoms with E-state index in [0.29, 0.717) is 11.7 Å². The maximum absolute atomic E-state index is 11.3. The van der Waals surface area contributed by atoms with E-state index in [4.69, 9.17) is 4.42 Å². The largest absolute Gasteiger partial charge is 0.481 e. The molecule has 4 nitrogen and oxygen atoms in total. The van der Waals surface area contributed by atoms with Crippen LogP contribution in [0.5, 0.6) is 0 Å². The molecule has 1 aliphatic carbocycles. The van der Waals surface area contributed by atoms with Crippen LogP contribution in [0.4, 0.5) is 0 Å². The minimum Gasteiger partial charge on any atom is -0.481 e. The van der Waals surface area contributed by atoms with Crippen molar-refractivity contribution in [2.45, 2.75) is 63.7 Å². The van der Waals surface area contributed by atoms with Crippen LogP contribution in [-0.2, 0) is 4.79 Å². The third-order valence-corrected chi connectivity index (χ3v) is 5.24. The quantitative estimate of drug-likeness (QED) is 0.674. The summed E-state index contributed by atoms with van der Waals surface area (Å²) in [5, 5.41) is 9.25. The van der Waals surface area contributed by atoms with E-state index < -0.39 is 5.97 Å². The topological polar surface area (TPSA) is 63.3 Å². The molecule has 1 unspecified atom stereocenters.